The molecule has 1 aliphatic heterocycles. The first-order valence-electron chi connectivity index (χ1n) is 6.69. The molecule has 2 aliphatic rings. The molecule has 2 fully saturated rings. The zero-order chi connectivity index (χ0) is 13.0. The standard InChI is InChI=1S/C12H22N4O2/c1-8-6-15-10(7-14-8)12(18)13-5-4-11(17)16-9-2-3-9/h8-10,14-15H,2-7H2,1H3,(H,13,18)(H,16,17). The predicted molar refractivity (Wildman–Crippen MR) is 68.0 cm³/mol. The van der Waals surface area contributed by atoms with Crippen LogP contribution >= 0.6 is 0 Å². The molecule has 0 aromatic carbocycles. The van der Waals surface area contributed by atoms with Crippen molar-refractivity contribution in [2.75, 3.05) is 19.6 Å². The molecular formula is C12H22N4O2. The lowest BCUT2D eigenvalue weighted by Gasteiger charge is -2.28. The van der Waals surface area contributed by atoms with Crippen molar-refractivity contribution in [1.82, 2.24) is 21.3 Å². The largest absolute Gasteiger partial charge is 0.354 e. The summed E-state index contributed by atoms with van der Waals surface area (Å²) < 4.78 is 0. The van der Waals surface area contributed by atoms with Gasteiger partial charge in [0, 0.05) is 38.1 Å². The smallest absolute Gasteiger partial charge is 0.238 e. The number of rotatable bonds is 5. The molecule has 4 N–H and O–H groups in total. The fourth-order valence-corrected chi connectivity index (χ4v) is 1.92. The maximum Gasteiger partial charge on any atom is 0.238 e. The highest BCUT2D eigenvalue weighted by molar-refractivity contribution is 5.83. The number of hydrogen-bond acceptors (Lipinski definition) is 4. The number of amides is 2. The minimum Gasteiger partial charge on any atom is -0.354 e. The third kappa shape index (κ3) is 4.27. The van der Waals surface area contributed by atoms with Crippen molar-refractivity contribution in [2.24, 2.45) is 0 Å². The lowest BCUT2D eigenvalue weighted by molar-refractivity contribution is -0.124. The molecule has 2 atom stereocenters. The second kappa shape index (κ2) is 6.15. The van der Waals surface area contributed by atoms with Crippen LogP contribution in [0.15, 0.2) is 0 Å². The molecule has 0 aromatic rings. The average Bonchev–Trinajstić information content (AvgIpc) is 3.13. The van der Waals surface area contributed by atoms with Crippen LogP contribution in [0.5, 0.6) is 0 Å². The van der Waals surface area contributed by atoms with Gasteiger partial charge < -0.3 is 21.3 Å². The van der Waals surface area contributed by atoms with Gasteiger partial charge in [-0.3, -0.25) is 9.59 Å². The van der Waals surface area contributed by atoms with Gasteiger partial charge in [-0.2, -0.15) is 0 Å². The Balaban J connectivity index is 1.57. The second-order valence-electron chi connectivity index (χ2n) is 5.15. The first-order valence-corrected chi connectivity index (χ1v) is 6.69. The summed E-state index contributed by atoms with van der Waals surface area (Å²) in [4.78, 5) is 23.2. The molecule has 102 valence electrons. The van der Waals surface area contributed by atoms with E-state index in [1.54, 1.807) is 0 Å². The van der Waals surface area contributed by atoms with Crippen LogP contribution in [0.1, 0.15) is 26.2 Å². The number of piperazine rings is 1. The van der Waals surface area contributed by atoms with Crippen LogP contribution < -0.4 is 21.3 Å². The van der Waals surface area contributed by atoms with Crippen LogP contribution in [0.25, 0.3) is 0 Å². The summed E-state index contributed by atoms with van der Waals surface area (Å²) in [6, 6.07) is 0.602. The third-order valence-electron chi connectivity index (χ3n) is 3.25. The van der Waals surface area contributed by atoms with Crippen LogP contribution in [0.3, 0.4) is 0 Å². The molecule has 18 heavy (non-hydrogen) atoms. The molecule has 1 saturated heterocycles. The fraction of sp³-hybridized carbons (Fsp3) is 0.833. The fourth-order valence-electron chi connectivity index (χ4n) is 1.92. The molecule has 6 nitrogen and oxygen atoms in total. The monoisotopic (exact) mass is 254 g/mol. The van der Waals surface area contributed by atoms with Gasteiger partial charge in [-0.05, 0) is 19.8 Å². The minimum absolute atomic E-state index is 0.0288. The summed E-state index contributed by atoms with van der Waals surface area (Å²) in [5.74, 6) is -0.00484. The van der Waals surface area contributed by atoms with E-state index >= 15 is 0 Å². The lowest BCUT2D eigenvalue weighted by Crippen LogP contribution is -2.59. The van der Waals surface area contributed by atoms with Gasteiger partial charge in [0.1, 0.15) is 0 Å². The summed E-state index contributed by atoms with van der Waals surface area (Å²) in [6.45, 7) is 3.91. The second-order valence-corrected chi connectivity index (χ2v) is 5.15. The molecule has 2 amide bonds. The molecule has 1 heterocycles. The summed E-state index contributed by atoms with van der Waals surface area (Å²) in [6.07, 6.45) is 2.54. The van der Waals surface area contributed by atoms with Crippen molar-refractivity contribution in [3.63, 3.8) is 0 Å². The average molecular weight is 254 g/mol. The van der Waals surface area contributed by atoms with Gasteiger partial charge in [0.15, 0.2) is 0 Å². The predicted octanol–water partition coefficient (Wildman–Crippen LogP) is -1.28. The highest BCUT2D eigenvalue weighted by Gasteiger charge is 2.24. The van der Waals surface area contributed by atoms with E-state index < -0.39 is 0 Å². The molecular weight excluding hydrogens is 232 g/mol. The van der Waals surface area contributed by atoms with Crippen LogP contribution in [0.2, 0.25) is 0 Å². The van der Waals surface area contributed by atoms with Crippen molar-refractivity contribution >= 4 is 11.8 Å². The Hall–Kier alpha value is -1.14. The quantitative estimate of drug-likeness (QED) is 0.493. The Morgan fingerprint density at radius 1 is 1.22 bits per heavy atom. The Kier molecular flexibility index (Phi) is 4.54. The van der Waals surface area contributed by atoms with Crippen LogP contribution in [0, 0.1) is 0 Å². The maximum atomic E-state index is 11.8. The molecule has 2 rings (SSSR count). The Morgan fingerprint density at radius 2 is 2.00 bits per heavy atom. The van der Waals surface area contributed by atoms with E-state index in [0.29, 0.717) is 31.6 Å². The number of nitrogens with one attached hydrogen (secondary N) is 4. The van der Waals surface area contributed by atoms with Gasteiger partial charge in [-0.1, -0.05) is 0 Å². The topological polar surface area (TPSA) is 82.3 Å². The van der Waals surface area contributed by atoms with E-state index in [1.165, 1.54) is 0 Å². The zero-order valence-corrected chi connectivity index (χ0v) is 10.8. The summed E-state index contributed by atoms with van der Waals surface area (Å²) in [5, 5.41) is 12.1. The van der Waals surface area contributed by atoms with Gasteiger partial charge in [-0.15, -0.1) is 0 Å². The number of carbonyl (C=O) groups excluding carboxylic acids is 2. The molecule has 0 aromatic heterocycles. The van der Waals surface area contributed by atoms with E-state index in [1.807, 2.05) is 0 Å². The van der Waals surface area contributed by atoms with Crippen LogP contribution in [-0.4, -0.2) is 49.6 Å². The summed E-state index contributed by atoms with van der Waals surface area (Å²) in [7, 11) is 0. The summed E-state index contributed by atoms with van der Waals surface area (Å²) >= 11 is 0. The molecule has 0 bridgehead atoms. The van der Waals surface area contributed by atoms with Gasteiger partial charge >= 0.3 is 0 Å². The third-order valence-corrected chi connectivity index (χ3v) is 3.25. The van der Waals surface area contributed by atoms with Crippen molar-refractivity contribution in [3.05, 3.63) is 0 Å². The van der Waals surface area contributed by atoms with Gasteiger partial charge in [0.2, 0.25) is 11.8 Å². The van der Waals surface area contributed by atoms with E-state index in [2.05, 4.69) is 28.2 Å². The van der Waals surface area contributed by atoms with E-state index in [0.717, 1.165) is 19.4 Å². The van der Waals surface area contributed by atoms with Gasteiger partial charge in [0.25, 0.3) is 0 Å². The van der Waals surface area contributed by atoms with E-state index in [4.69, 9.17) is 0 Å². The molecule has 2 unspecified atom stereocenters. The molecule has 0 spiro atoms. The lowest BCUT2D eigenvalue weighted by atomic mass is 10.1. The molecule has 6 heteroatoms. The number of carbonyl (C=O) groups is 2. The van der Waals surface area contributed by atoms with Gasteiger partial charge in [-0.25, -0.2) is 0 Å². The molecule has 1 aliphatic carbocycles. The Morgan fingerprint density at radius 3 is 2.61 bits per heavy atom. The van der Waals surface area contributed by atoms with Crippen molar-refractivity contribution in [1.29, 1.82) is 0 Å². The highest BCUT2D eigenvalue weighted by atomic mass is 16.2. The Labute approximate surface area is 107 Å². The number of hydrogen-bond donors (Lipinski definition) is 4. The van der Waals surface area contributed by atoms with Crippen LogP contribution in [0.4, 0.5) is 0 Å². The SMILES string of the molecule is CC1CNC(C(=O)NCCC(=O)NC2CC2)CN1. The van der Waals surface area contributed by atoms with E-state index in [-0.39, 0.29) is 17.9 Å². The highest BCUT2D eigenvalue weighted by Crippen LogP contribution is 2.18. The minimum atomic E-state index is -0.187. The van der Waals surface area contributed by atoms with Crippen LogP contribution in [-0.2, 0) is 9.59 Å². The molecule has 0 radical (unpaired) electrons. The zero-order valence-electron chi connectivity index (χ0n) is 10.8. The summed E-state index contributed by atoms with van der Waals surface area (Å²) in [5.41, 5.74) is 0. The normalized spacial score (nSPS) is 27.6. The molecule has 1 saturated carbocycles. The maximum absolute atomic E-state index is 11.8. The van der Waals surface area contributed by atoms with E-state index in [9.17, 15) is 9.59 Å². The van der Waals surface area contributed by atoms with Gasteiger partial charge in [0.05, 0.1) is 6.04 Å². The van der Waals surface area contributed by atoms with Crippen molar-refractivity contribution in [3.8, 4) is 0 Å². The van der Waals surface area contributed by atoms with Crippen molar-refractivity contribution < 1.29 is 9.59 Å². The first-order chi connectivity index (χ1) is 8.65. The Bertz CT molecular complexity index is 309. The first kappa shape index (κ1) is 13.3. The van der Waals surface area contributed by atoms with Crippen molar-refractivity contribution in [2.45, 2.75) is 44.3 Å².